The van der Waals surface area contributed by atoms with Gasteiger partial charge in [0.2, 0.25) is 0 Å². The zero-order valence-electron chi connectivity index (χ0n) is 11.0. The van der Waals surface area contributed by atoms with E-state index in [9.17, 15) is 0 Å². The number of ether oxygens (including phenoxy) is 1. The van der Waals surface area contributed by atoms with E-state index in [1.54, 1.807) is 13.2 Å². The van der Waals surface area contributed by atoms with Gasteiger partial charge in [-0.3, -0.25) is 0 Å². The smallest absolute Gasteiger partial charge is 0.0514 e. The van der Waals surface area contributed by atoms with Crippen molar-refractivity contribution in [2.45, 2.75) is 13.0 Å². The number of halogens is 2. The summed E-state index contributed by atoms with van der Waals surface area (Å²) in [5.74, 6) is 0. The van der Waals surface area contributed by atoms with Gasteiger partial charge in [0.15, 0.2) is 0 Å². The lowest BCUT2D eigenvalue weighted by Gasteiger charge is -2.08. The molecule has 104 valence electrons. The molecule has 0 unspecified atom stereocenters. The Hall–Kier alpha value is -0.740. The first-order chi connectivity index (χ1) is 9.22. The molecular formula is C14H18Cl2N2O. The Bertz CT molecular complexity index is 539. The largest absolute Gasteiger partial charge is 0.385 e. The molecule has 0 saturated carbocycles. The lowest BCUT2D eigenvalue weighted by atomic mass is 10.2. The molecule has 1 heterocycles. The summed E-state index contributed by atoms with van der Waals surface area (Å²) in [5, 5.41) is 5.81. The van der Waals surface area contributed by atoms with Crippen LogP contribution in [0.2, 0.25) is 10.0 Å². The van der Waals surface area contributed by atoms with Gasteiger partial charge >= 0.3 is 0 Å². The molecule has 0 bridgehead atoms. The molecule has 2 aromatic rings. The Morgan fingerprint density at radius 2 is 2.11 bits per heavy atom. The van der Waals surface area contributed by atoms with Gasteiger partial charge < -0.3 is 14.6 Å². The number of nitrogens with one attached hydrogen (secondary N) is 1. The first kappa shape index (κ1) is 14.7. The molecule has 5 heteroatoms. The predicted molar refractivity (Wildman–Crippen MR) is 81.3 cm³/mol. The fourth-order valence-electron chi connectivity index (χ4n) is 2.08. The second-order valence-corrected chi connectivity index (χ2v) is 5.27. The highest BCUT2D eigenvalue weighted by Crippen LogP contribution is 2.28. The maximum Gasteiger partial charge on any atom is 0.0514 e. The topological polar surface area (TPSA) is 26.2 Å². The third-order valence-corrected chi connectivity index (χ3v) is 3.57. The minimum absolute atomic E-state index is 0.672. The number of nitrogens with zero attached hydrogens (tertiary/aromatic N) is 1. The monoisotopic (exact) mass is 300 g/mol. The van der Waals surface area contributed by atoms with Crippen molar-refractivity contribution < 1.29 is 4.74 Å². The van der Waals surface area contributed by atoms with Crippen LogP contribution in [0.5, 0.6) is 0 Å². The highest BCUT2D eigenvalue weighted by atomic mass is 35.5. The van der Waals surface area contributed by atoms with Gasteiger partial charge in [-0.15, -0.1) is 0 Å². The molecule has 19 heavy (non-hydrogen) atoms. The molecule has 0 aliphatic rings. The van der Waals surface area contributed by atoms with Gasteiger partial charge in [0, 0.05) is 43.4 Å². The molecular weight excluding hydrogens is 283 g/mol. The van der Waals surface area contributed by atoms with Gasteiger partial charge in [-0.2, -0.15) is 0 Å². The Morgan fingerprint density at radius 3 is 2.89 bits per heavy atom. The number of fused-ring (bicyclic) bond motifs is 1. The summed E-state index contributed by atoms with van der Waals surface area (Å²) in [6.45, 7) is 3.57. The van der Waals surface area contributed by atoms with Gasteiger partial charge in [0.25, 0.3) is 0 Å². The number of hydrogen-bond donors (Lipinski definition) is 1. The van der Waals surface area contributed by atoms with Crippen molar-refractivity contribution in [3.63, 3.8) is 0 Å². The van der Waals surface area contributed by atoms with Crippen molar-refractivity contribution >= 4 is 34.1 Å². The molecule has 1 N–H and O–H groups in total. The van der Waals surface area contributed by atoms with Crippen LogP contribution in [0.1, 0.15) is 6.42 Å². The third-order valence-electron chi connectivity index (χ3n) is 3.03. The highest BCUT2D eigenvalue weighted by molar-refractivity contribution is 6.38. The number of benzene rings is 1. The fraction of sp³-hybridized carbons (Fsp3) is 0.429. The third kappa shape index (κ3) is 3.86. The van der Waals surface area contributed by atoms with Crippen LogP contribution in [-0.2, 0) is 11.3 Å². The molecule has 0 aliphatic heterocycles. The lowest BCUT2D eigenvalue weighted by Crippen LogP contribution is -2.21. The van der Waals surface area contributed by atoms with E-state index < -0.39 is 0 Å². The number of methoxy groups -OCH3 is 1. The fourth-order valence-corrected chi connectivity index (χ4v) is 2.63. The second-order valence-electron chi connectivity index (χ2n) is 4.43. The lowest BCUT2D eigenvalue weighted by molar-refractivity contribution is 0.194. The van der Waals surface area contributed by atoms with E-state index in [4.69, 9.17) is 27.9 Å². The molecule has 0 atom stereocenters. The molecule has 2 rings (SSSR count). The van der Waals surface area contributed by atoms with E-state index in [0.29, 0.717) is 10.0 Å². The maximum absolute atomic E-state index is 6.17. The molecule has 0 amide bonds. The maximum atomic E-state index is 6.17. The van der Waals surface area contributed by atoms with Gasteiger partial charge in [0.05, 0.1) is 10.5 Å². The number of aromatic nitrogens is 1. The van der Waals surface area contributed by atoms with E-state index in [0.717, 1.165) is 43.6 Å². The Balaban J connectivity index is 1.94. The Morgan fingerprint density at radius 1 is 1.26 bits per heavy atom. The van der Waals surface area contributed by atoms with Gasteiger partial charge in [-0.25, -0.2) is 0 Å². The summed E-state index contributed by atoms with van der Waals surface area (Å²) in [6, 6.07) is 5.76. The van der Waals surface area contributed by atoms with Crippen molar-refractivity contribution in [1.29, 1.82) is 0 Å². The quantitative estimate of drug-likeness (QED) is 0.791. The van der Waals surface area contributed by atoms with Crippen LogP contribution in [0.15, 0.2) is 24.4 Å². The predicted octanol–water partition coefficient (Wildman–Crippen LogP) is 3.57. The van der Waals surface area contributed by atoms with E-state index in [1.807, 2.05) is 18.3 Å². The molecule has 1 aromatic heterocycles. The average molecular weight is 301 g/mol. The van der Waals surface area contributed by atoms with E-state index in [-0.39, 0.29) is 0 Å². The van der Waals surface area contributed by atoms with Crippen LogP contribution in [-0.4, -0.2) is 31.4 Å². The molecule has 0 aliphatic carbocycles. The second kappa shape index (κ2) is 7.15. The van der Waals surface area contributed by atoms with E-state index in [2.05, 4.69) is 9.88 Å². The summed E-state index contributed by atoms with van der Waals surface area (Å²) in [4.78, 5) is 0. The summed E-state index contributed by atoms with van der Waals surface area (Å²) >= 11 is 12.2. The van der Waals surface area contributed by atoms with Crippen molar-refractivity contribution in [2.24, 2.45) is 0 Å². The van der Waals surface area contributed by atoms with E-state index >= 15 is 0 Å². The highest BCUT2D eigenvalue weighted by Gasteiger charge is 2.06. The minimum atomic E-state index is 0.672. The van der Waals surface area contributed by atoms with Crippen molar-refractivity contribution in [2.75, 3.05) is 26.8 Å². The van der Waals surface area contributed by atoms with Gasteiger partial charge in [0.1, 0.15) is 0 Å². The van der Waals surface area contributed by atoms with Crippen LogP contribution >= 0.6 is 23.2 Å². The summed E-state index contributed by atoms with van der Waals surface area (Å²) < 4.78 is 7.17. The van der Waals surface area contributed by atoms with Crippen LogP contribution in [0.3, 0.4) is 0 Å². The SMILES string of the molecule is COCCCNCCn1ccc2c(Cl)cc(Cl)cc21. The standard InChI is InChI=1S/C14H18Cl2N2O/c1-19-8-2-4-17-5-7-18-6-3-12-13(16)9-11(15)10-14(12)18/h3,6,9-10,17H,2,4-5,7-8H2,1H3. The summed E-state index contributed by atoms with van der Waals surface area (Å²) in [6.07, 6.45) is 3.07. The molecule has 0 saturated heterocycles. The number of rotatable bonds is 7. The van der Waals surface area contributed by atoms with Gasteiger partial charge in [-0.05, 0) is 31.2 Å². The first-order valence-corrected chi connectivity index (χ1v) is 7.11. The number of hydrogen-bond acceptors (Lipinski definition) is 2. The average Bonchev–Trinajstić information content (AvgIpc) is 2.77. The minimum Gasteiger partial charge on any atom is -0.385 e. The Labute approximate surface area is 123 Å². The van der Waals surface area contributed by atoms with Crippen molar-refractivity contribution in [3.8, 4) is 0 Å². The van der Waals surface area contributed by atoms with Crippen molar-refractivity contribution in [3.05, 3.63) is 34.4 Å². The van der Waals surface area contributed by atoms with E-state index in [1.165, 1.54) is 0 Å². The summed E-state index contributed by atoms with van der Waals surface area (Å²) in [7, 11) is 1.72. The molecule has 0 spiro atoms. The van der Waals surface area contributed by atoms with Crippen LogP contribution in [0.4, 0.5) is 0 Å². The Kier molecular flexibility index (Phi) is 5.52. The summed E-state index contributed by atoms with van der Waals surface area (Å²) in [5.41, 5.74) is 1.08. The molecule has 1 aromatic carbocycles. The molecule has 3 nitrogen and oxygen atoms in total. The first-order valence-electron chi connectivity index (χ1n) is 6.36. The van der Waals surface area contributed by atoms with Crippen molar-refractivity contribution in [1.82, 2.24) is 9.88 Å². The normalized spacial score (nSPS) is 11.3. The zero-order chi connectivity index (χ0) is 13.7. The molecule has 0 fully saturated rings. The molecule has 0 radical (unpaired) electrons. The zero-order valence-corrected chi connectivity index (χ0v) is 12.5. The van der Waals surface area contributed by atoms with Crippen LogP contribution in [0, 0.1) is 0 Å². The van der Waals surface area contributed by atoms with Gasteiger partial charge in [-0.1, -0.05) is 23.2 Å². The van der Waals surface area contributed by atoms with Crippen LogP contribution < -0.4 is 5.32 Å². The van der Waals surface area contributed by atoms with Crippen LogP contribution in [0.25, 0.3) is 10.9 Å².